The molecule has 2 heterocycles. The summed E-state index contributed by atoms with van der Waals surface area (Å²) in [7, 11) is 2.21. The smallest absolute Gasteiger partial charge is 0.193 e. The summed E-state index contributed by atoms with van der Waals surface area (Å²) in [5.74, 6) is 1.09. The zero-order chi connectivity index (χ0) is 19.8. The van der Waals surface area contributed by atoms with Crippen molar-refractivity contribution in [2.75, 3.05) is 46.3 Å². The second-order valence-corrected chi connectivity index (χ2v) is 8.09. The highest BCUT2D eigenvalue weighted by atomic mass is 127. The molecule has 0 aromatic heterocycles. The van der Waals surface area contributed by atoms with Gasteiger partial charge in [0.25, 0.3) is 0 Å². The zero-order valence-electron chi connectivity index (χ0n) is 18.3. The molecule has 0 spiro atoms. The van der Waals surface area contributed by atoms with Crippen LogP contribution in [0.1, 0.15) is 32.3 Å². The van der Waals surface area contributed by atoms with E-state index < -0.39 is 0 Å². The maximum atomic E-state index is 4.96. The monoisotopic (exact) mass is 511 g/mol. The van der Waals surface area contributed by atoms with Gasteiger partial charge in [0.15, 0.2) is 5.96 Å². The van der Waals surface area contributed by atoms with E-state index in [4.69, 9.17) is 4.99 Å². The highest BCUT2D eigenvalue weighted by Crippen LogP contribution is 2.18. The highest BCUT2D eigenvalue weighted by molar-refractivity contribution is 14.0. The summed E-state index contributed by atoms with van der Waals surface area (Å²) in [6.45, 7) is 11.7. The Morgan fingerprint density at radius 1 is 1.24 bits per heavy atom. The number of nitrogens with one attached hydrogen (secondary N) is 1. The van der Waals surface area contributed by atoms with Crippen LogP contribution in [0.3, 0.4) is 0 Å². The summed E-state index contributed by atoms with van der Waals surface area (Å²) in [6, 6.07) is 11.9. The van der Waals surface area contributed by atoms with Crippen molar-refractivity contribution in [3.8, 4) is 0 Å². The molecule has 5 nitrogen and oxygen atoms in total. The van der Waals surface area contributed by atoms with Crippen molar-refractivity contribution in [1.29, 1.82) is 0 Å². The molecule has 0 amide bonds. The van der Waals surface area contributed by atoms with Crippen LogP contribution in [0.4, 0.5) is 0 Å². The van der Waals surface area contributed by atoms with Crippen molar-refractivity contribution in [2.24, 2.45) is 4.99 Å². The molecule has 2 aliphatic heterocycles. The lowest BCUT2D eigenvalue weighted by Crippen LogP contribution is -2.43. The minimum atomic E-state index is 0. The van der Waals surface area contributed by atoms with E-state index in [0.29, 0.717) is 12.1 Å². The molecule has 1 fully saturated rings. The first-order chi connectivity index (χ1) is 13.7. The van der Waals surface area contributed by atoms with Crippen LogP contribution in [-0.2, 0) is 6.54 Å². The predicted molar refractivity (Wildman–Crippen MR) is 134 cm³/mol. The van der Waals surface area contributed by atoms with E-state index in [1.807, 2.05) is 0 Å². The molecule has 162 valence electrons. The number of benzene rings is 1. The normalized spacial score (nSPS) is 20.9. The van der Waals surface area contributed by atoms with E-state index in [-0.39, 0.29) is 24.0 Å². The predicted octanol–water partition coefficient (Wildman–Crippen LogP) is 3.43. The molecule has 0 aliphatic carbocycles. The van der Waals surface area contributed by atoms with Gasteiger partial charge in [-0.15, -0.1) is 24.0 Å². The molecule has 2 aliphatic rings. The Balaban J connectivity index is 0.00000300. The summed E-state index contributed by atoms with van der Waals surface area (Å²) < 4.78 is 0. The fourth-order valence-corrected chi connectivity index (χ4v) is 4.06. The van der Waals surface area contributed by atoms with Crippen LogP contribution < -0.4 is 5.32 Å². The molecule has 1 aromatic carbocycles. The second kappa shape index (κ2) is 12.5. The number of guanidine groups is 1. The first-order valence-electron chi connectivity index (χ1n) is 10.8. The molecule has 29 heavy (non-hydrogen) atoms. The molecule has 1 aromatic rings. The fraction of sp³-hybridized carbons (Fsp3) is 0.609. The molecule has 6 heteroatoms. The number of hydrogen-bond donors (Lipinski definition) is 1. The van der Waals surface area contributed by atoms with Gasteiger partial charge >= 0.3 is 0 Å². The molecule has 2 unspecified atom stereocenters. The number of hydrogen-bond acceptors (Lipinski definition) is 3. The summed E-state index contributed by atoms with van der Waals surface area (Å²) in [4.78, 5) is 12.4. The summed E-state index contributed by atoms with van der Waals surface area (Å²) in [5.41, 5.74) is 1.37. The lowest BCUT2D eigenvalue weighted by Gasteiger charge is -2.26. The van der Waals surface area contributed by atoms with E-state index in [9.17, 15) is 0 Å². The molecular weight excluding hydrogens is 473 g/mol. The third-order valence-corrected chi connectivity index (χ3v) is 6.00. The summed E-state index contributed by atoms with van der Waals surface area (Å²) >= 11 is 0. The van der Waals surface area contributed by atoms with Gasteiger partial charge in [-0.25, -0.2) is 0 Å². The van der Waals surface area contributed by atoms with Gasteiger partial charge in [-0.05, 0) is 39.3 Å². The number of aliphatic imine (C=N–C) groups is 1. The van der Waals surface area contributed by atoms with Gasteiger partial charge in [0, 0.05) is 57.9 Å². The summed E-state index contributed by atoms with van der Waals surface area (Å²) in [5, 5.41) is 3.51. The zero-order valence-corrected chi connectivity index (χ0v) is 20.6. The van der Waals surface area contributed by atoms with E-state index in [1.165, 1.54) is 12.0 Å². The maximum Gasteiger partial charge on any atom is 0.193 e. The third kappa shape index (κ3) is 7.26. The van der Waals surface area contributed by atoms with E-state index >= 15 is 0 Å². The minimum Gasteiger partial charge on any atom is -0.357 e. The van der Waals surface area contributed by atoms with Crippen LogP contribution in [0.2, 0.25) is 0 Å². The van der Waals surface area contributed by atoms with Gasteiger partial charge in [0.05, 0.1) is 0 Å². The fourth-order valence-electron chi connectivity index (χ4n) is 4.06. The number of nitrogens with zero attached hydrogens (tertiary/aromatic N) is 4. The average Bonchev–Trinajstić information content (AvgIpc) is 3.39. The topological polar surface area (TPSA) is 34.1 Å². The quantitative estimate of drug-likeness (QED) is 0.251. The highest BCUT2D eigenvalue weighted by Gasteiger charge is 2.29. The molecule has 0 saturated carbocycles. The molecule has 1 saturated heterocycles. The van der Waals surface area contributed by atoms with Gasteiger partial charge < -0.3 is 10.2 Å². The van der Waals surface area contributed by atoms with Crippen LogP contribution in [0.25, 0.3) is 0 Å². The average molecular weight is 511 g/mol. The van der Waals surface area contributed by atoms with E-state index in [2.05, 4.69) is 83.4 Å². The van der Waals surface area contributed by atoms with Crippen molar-refractivity contribution in [3.63, 3.8) is 0 Å². The lowest BCUT2D eigenvalue weighted by atomic mass is 10.1. The van der Waals surface area contributed by atoms with E-state index in [0.717, 1.165) is 58.2 Å². The van der Waals surface area contributed by atoms with Gasteiger partial charge in [0.1, 0.15) is 0 Å². The Morgan fingerprint density at radius 2 is 1.97 bits per heavy atom. The lowest BCUT2D eigenvalue weighted by molar-refractivity contribution is 0.240. The minimum absolute atomic E-state index is 0. The molecule has 0 radical (unpaired) electrons. The standard InChI is InChI=1S/C23H37N5.HI/c1-4-24-23(28-17-13-22(19-28)27-15-8-9-16-27)25-14-12-20(2)26(3)18-21-10-6-5-7-11-21;/h5-11,20,22H,4,12-19H2,1-3H3,(H,24,25);1H. The van der Waals surface area contributed by atoms with Crippen LogP contribution >= 0.6 is 24.0 Å². The van der Waals surface area contributed by atoms with Crippen LogP contribution in [-0.4, -0.2) is 79.1 Å². The van der Waals surface area contributed by atoms with Crippen LogP contribution in [0.5, 0.6) is 0 Å². The number of rotatable bonds is 8. The first kappa shape index (κ1) is 24.2. The van der Waals surface area contributed by atoms with Crippen molar-refractivity contribution in [3.05, 3.63) is 48.0 Å². The third-order valence-electron chi connectivity index (χ3n) is 6.00. The van der Waals surface area contributed by atoms with Crippen LogP contribution in [0, 0.1) is 0 Å². The Bertz CT molecular complexity index is 640. The van der Waals surface area contributed by atoms with Gasteiger partial charge in [0.2, 0.25) is 0 Å². The largest absolute Gasteiger partial charge is 0.357 e. The van der Waals surface area contributed by atoms with Crippen molar-refractivity contribution in [2.45, 2.75) is 45.3 Å². The molecule has 1 N–H and O–H groups in total. The molecule has 0 bridgehead atoms. The maximum absolute atomic E-state index is 4.96. The van der Waals surface area contributed by atoms with Crippen LogP contribution in [0.15, 0.2) is 47.5 Å². The van der Waals surface area contributed by atoms with Gasteiger partial charge in [-0.2, -0.15) is 0 Å². The van der Waals surface area contributed by atoms with Crippen molar-refractivity contribution in [1.82, 2.24) is 20.0 Å². The first-order valence-corrected chi connectivity index (χ1v) is 10.8. The SMILES string of the molecule is CCNC(=NCCC(C)N(C)Cc1ccccc1)N1CCC(N2CC=CC2)C1.I. The Kier molecular flexibility index (Phi) is 10.4. The molecule has 2 atom stereocenters. The van der Waals surface area contributed by atoms with Gasteiger partial charge in [-0.3, -0.25) is 14.8 Å². The number of halogens is 1. The molecular formula is C23H38IN5. The Hall–Kier alpha value is -1.12. The van der Waals surface area contributed by atoms with Crippen molar-refractivity contribution >= 4 is 29.9 Å². The van der Waals surface area contributed by atoms with E-state index in [1.54, 1.807) is 0 Å². The van der Waals surface area contributed by atoms with Crippen molar-refractivity contribution < 1.29 is 0 Å². The summed E-state index contributed by atoms with van der Waals surface area (Å²) in [6.07, 6.45) is 6.89. The Morgan fingerprint density at radius 3 is 2.66 bits per heavy atom. The number of likely N-dealkylation sites (tertiary alicyclic amines) is 1. The second-order valence-electron chi connectivity index (χ2n) is 8.09. The Labute approximate surface area is 194 Å². The van der Waals surface area contributed by atoms with Gasteiger partial charge in [-0.1, -0.05) is 42.5 Å². The molecule has 3 rings (SSSR count).